The van der Waals surface area contributed by atoms with Crippen molar-refractivity contribution in [1.29, 1.82) is 0 Å². The lowest BCUT2D eigenvalue weighted by molar-refractivity contribution is 0.475. The fraction of sp³-hybridized carbons (Fsp3) is 0.231. The highest BCUT2D eigenvalue weighted by molar-refractivity contribution is 7.75. The summed E-state index contributed by atoms with van der Waals surface area (Å²) in [5.41, 5.74) is 2.15. The predicted molar refractivity (Wildman–Crippen MR) is 75.7 cm³/mol. The molecule has 0 aliphatic rings. The second-order valence-corrected chi connectivity index (χ2v) is 4.49. The number of aryl methyl sites for hydroxylation is 3. The molecule has 6 heteroatoms. The number of thiol groups is 1. The molecule has 0 spiro atoms. The third kappa shape index (κ3) is 2.31. The van der Waals surface area contributed by atoms with Gasteiger partial charge in [0.1, 0.15) is 11.4 Å². The summed E-state index contributed by atoms with van der Waals surface area (Å²) < 4.78 is 6.26. The Morgan fingerprint density at radius 3 is 2.63 bits per heavy atom. The van der Waals surface area contributed by atoms with Crippen LogP contribution in [0, 0.1) is 13.8 Å². The maximum atomic E-state index is 12.3. The smallest absolute Gasteiger partial charge is 0.278 e. The van der Waals surface area contributed by atoms with Crippen molar-refractivity contribution in [1.82, 2.24) is 9.78 Å². The topological polar surface area (TPSA) is 64.3 Å². The average Bonchev–Trinajstić information content (AvgIpc) is 2.34. The number of hydrogen-bond donors (Lipinski definition) is 2. The first-order valence-electron chi connectivity index (χ1n) is 5.65. The van der Waals surface area contributed by atoms with E-state index in [0.29, 0.717) is 22.6 Å². The van der Waals surface area contributed by atoms with Gasteiger partial charge in [0, 0.05) is 20.0 Å². The first-order chi connectivity index (χ1) is 8.95. The minimum Gasteiger partial charge on any atom is -0.508 e. The van der Waals surface area contributed by atoms with Gasteiger partial charge in [0.25, 0.3) is 5.56 Å². The minimum absolute atomic E-state index is 0.150. The van der Waals surface area contributed by atoms with Crippen molar-refractivity contribution in [3.05, 3.63) is 39.8 Å². The molecule has 0 unspecified atom stereocenters. The van der Waals surface area contributed by atoms with Crippen molar-refractivity contribution in [2.45, 2.75) is 13.8 Å². The van der Waals surface area contributed by atoms with Gasteiger partial charge in [-0.05, 0) is 37.1 Å². The lowest BCUT2D eigenvalue weighted by Gasteiger charge is -2.13. The van der Waals surface area contributed by atoms with E-state index in [-0.39, 0.29) is 11.3 Å². The monoisotopic (exact) mass is 278 g/mol. The van der Waals surface area contributed by atoms with Gasteiger partial charge in [-0.2, -0.15) is 5.10 Å². The van der Waals surface area contributed by atoms with Crippen LogP contribution in [0.15, 0.2) is 23.0 Å². The molecule has 2 aromatic rings. The second-order valence-electron chi connectivity index (χ2n) is 4.31. The molecule has 0 saturated heterocycles. The van der Waals surface area contributed by atoms with Gasteiger partial charge in [-0.15, -0.1) is 0 Å². The molecular formula is C13H14N2O3S. The lowest BCUT2D eigenvalue weighted by Crippen LogP contribution is -2.23. The van der Waals surface area contributed by atoms with Crippen molar-refractivity contribution in [2.75, 3.05) is 0 Å². The second kappa shape index (κ2) is 4.97. The molecule has 0 saturated carbocycles. The zero-order valence-corrected chi connectivity index (χ0v) is 11.7. The van der Waals surface area contributed by atoms with E-state index in [2.05, 4.69) is 18.0 Å². The van der Waals surface area contributed by atoms with Crippen molar-refractivity contribution >= 4 is 12.9 Å². The molecule has 1 heterocycles. The number of phenols is 1. The number of benzene rings is 1. The Balaban J connectivity index is 2.84. The Morgan fingerprint density at radius 1 is 1.37 bits per heavy atom. The normalized spacial score (nSPS) is 10.5. The van der Waals surface area contributed by atoms with E-state index in [1.165, 1.54) is 10.7 Å². The molecule has 0 atom stereocenters. The van der Waals surface area contributed by atoms with Crippen molar-refractivity contribution in [2.24, 2.45) is 7.05 Å². The van der Waals surface area contributed by atoms with Gasteiger partial charge in [-0.1, -0.05) is 6.07 Å². The molecule has 0 fully saturated rings. The van der Waals surface area contributed by atoms with Crippen LogP contribution in [0.2, 0.25) is 0 Å². The van der Waals surface area contributed by atoms with Crippen LogP contribution in [0.4, 0.5) is 0 Å². The summed E-state index contributed by atoms with van der Waals surface area (Å²) in [6.45, 7) is 3.55. The molecular weight excluding hydrogens is 264 g/mol. The first kappa shape index (κ1) is 13.5. The van der Waals surface area contributed by atoms with Gasteiger partial charge < -0.3 is 9.29 Å². The minimum atomic E-state index is -0.275. The standard InChI is InChI=1S/C13H14N2O3S/c1-7-6-9(16)4-5-10(7)11-12(18-19)8(2)14-15(3)13(11)17/h4-6,16,19H,1-3H3. The summed E-state index contributed by atoms with van der Waals surface area (Å²) in [7, 11) is 1.58. The molecule has 0 bridgehead atoms. The number of aromatic hydroxyl groups is 1. The number of aromatic nitrogens is 2. The van der Waals surface area contributed by atoms with Gasteiger partial charge in [0.15, 0.2) is 5.75 Å². The summed E-state index contributed by atoms with van der Waals surface area (Å²) in [6.07, 6.45) is 0. The van der Waals surface area contributed by atoms with Gasteiger partial charge >= 0.3 is 0 Å². The van der Waals surface area contributed by atoms with Crippen LogP contribution in [0.1, 0.15) is 11.3 Å². The highest BCUT2D eigenvalue weighted by Gasteiger charge is 2.18. The Morgan fingerprint density at radius 2 is 2.05 bits per heavy atom. The summed E-state index contributed by atoms with van der Waals surface area (Å²) in [4.78, 5) is 12.3. The van der Waals surface area contributed by atoms with E-state index in [4.69, 9.17) is 4.18 Å². The molecule has 0 radical (unpaired) electrons. The zero-order valence-electron chi connectivity index (χ0n) is 10.8. The molecule has 2 rings (SSSR count). The van der Waals surface area contributed by atoms with Crippen LogP contribution >= 0.6 is 12.9 Å². The van der Waals surface area contributed by atoms with E-state index in [1.807, 2.05) is 6.92 Å². The van der Waals surface area contributed by atoms with E-state index in [0.717, 1.165) is 5.56 Å². The average molecular weight is 278 g/mol. The van der Waals surface area contributed by atoms with Crippen LogP contribution in [-0.4, -0.2) is 14.9 Å². The lowest BCUT2D eigenvalue weighted by atomic mass is 10.0. The first-order valence-corrected chi connectivity index (χ1v) is 6.01. The molecule has 100 valence electrons. The summed E-state index contributed by atoms with van der Waals surface area (Å²) in [5.74, 6) is 0.484. The SMILES string of the molecule is Cc1cc(O)ccc1-c1c(OS)c(C)nn(C)c1=O. The van der Waals surface area contributed by atoms with Crippen molar-refractivity contribution in [3.8, 4) is 22.6 Å². The molecule has 5 nitrogen and oxygen atoms in total. The van der Waals surface area contributed by atoms with E-state index in [1.54, 1.807) is 26.1 Å². The van der Waals surface area contributed by atoms with E-state index in [9.17, 15) is 9.90 Å². The number of nitrogens with zero attached hydrogens (tertiary/aromatic N) is 2. The molecule has 0 aliphatic heterocycles. The van der Waals surface area contributed by atoms with E-state index >= 15 is 0 Å². The van der Waals surface area contributed by atoms with Crippen LogP contribution in [0.25, 0.3) is 11.1 Å². The van der Waals surface area contributed by atoms with Gasteiger partial charge in [-0.3, -0.25) is 4.79 Å². The number of hydrogen-bond acceptors (Lipinski definition) is 5. The summed E-state index contributed by atoms with van der Waals surface area (Å²) in [6, 6.07) is 4.80. The molecule has 0 amide bonds. The van der Waals surface area contributed by atoms with Crippen LogP contribution in [0.3, 0.4) is 0 Å². The molecule has 1 N–H and O–H groups in total. The quantitative estimate of drug-likeness (QED) is 0.651. The fourth-order valence-corrected chi connectivity index (χ4v) is 2.26. The fourth-order valence-electron chi connectivity index (χ4n) is 2.03. The zero-order chi connectivity index (χ0) is 14.2. The maximum absolute atomic E-state index is 12.3. The highest BCUT2D eigenvalue weighted by Crippen LogP contribution is 2.32. The molecule has 1 aromatic heterocycles. The van der Waals surface area contributed by atoms with Crippen LogP contribution in [0.5, 0.6) is 11.5 Å². The van der Waals surface area contributed by atoms with Gasteiger partial charge in [0.2, 0.25) is 0 Å². The van der Waals surface area contributed by atoms with Crippen molar-refractivity contribution < 1.29 is 9.29 Å². The summed E-state index contributed by atoms with van der Waals surface area (Å²) in [5, 5.41) is 13.5. The third-order valence-electron chi connectivity index (χ3n) is 2.93. The largest absolute Gasteiger partial charge is 0.508 e. The Labute approximate surface area is 116 Å². The Hall–Kier alpha value is -1.95. The van der Waals surface area contributed by atoms with E-state index < -0.39 is 0 Å². The molecule has 19 heavy (non-hydrogen) atoms. The Kier molecular flexibility index (Phi) is 3.53. The van der Waals surface area contributed by atoms with Crippen LogP contribution < -0.4 is 9.74 Å². The van der Waals surface area contributed by atoms with Crippen molar-refractivity contribution in [3.63, 3.8) is 0 Å². The highest BCUT2D eigenvalue weighted by atomic mass is 32.1. The van der Waals surface area contributed by atoms with Crippen LogP contribution in [-0.2, 0) is 7.05 Å². The Bertz CT molecular complexity index is 695. The number of rotatable bonds is 2. The predicted octanol–water partition coefficient (Wildman–Crippen LogP) is 1.99. The maximum Gasteiger partial charge on any atom is 0.278 e. The van der Waals surface area contributed by atoms with Gasteiger partial charge in [0.05, 0.1) is 5.56 Å². The summed E-state index contributed by atoms with van der Waals surface area (Å²) >= 11 is 3.80. The molecule has 1 aromatic carbocycles. The number of phenolic OH excluding ortho intramolecular Hbond substituents is 1. The third-order valence-corrected chi connectivity index (χ3v) is 3.12. The van der Waals surface area contributed by atoms with Gasteiger partial charge in [-0.25, -0.2) is 4.68 Å². The molecule has 0 aliphatic carbocycles.